The molecule has 1 atom stereocenters. The van der Waals surface area contributed by atoms with E-state index in [2.05, 4.69) is 18.5 Å². The summed E-state index contributed by atoms with van der Waals surface area (Å²) in [5, 5.41) is 3.04. The molecule has 0 saturated heterocycles. The molecule has 0 bridgehead atoms. The Labute approximate surface area is 109 Å². The van der Waals surface area contributed by atoms with Crippen LogP contribution in [0.15, 0.2) is 0 Å². The van der Waals surface area contributed by atoms with Crippen molar-refractivity contribution in [2.24, 2.45) is 5.73 Å². The Hall–Kier alpha value is -0.220. The van der Waals surface area contributed by atoms with Gasteiger partial charge in [0.2, 0.25) is 5.91 Å². The Balaban J connectivity index is 2.39. The molecule has 0 unspecified atom stereocenters. The minimum atomic E-state index is -0.331. The van der Waals surface area contributed by atoms with Gasteiger partial charge >= 0.3 is 0 Å². The molecule has 1 aliphatic carbocycles. The number of nitrogens with two attached hydrogens (primary N) is 1. The molecule has 1 aliphatic rings. The summed E-state index contributed by atoms with van der Waals surface area (Å²) in [6.07, 6.45) is 10.2. The van der Waals surface area contributed by atoms with E-state index in [0.29, 0.717) is 0 Å². The second-order valence-corrected chi connectivity index (χ2v) is 6.34. The Morgan fingerprint density at radius 3 is 2.59 bits per heavy atom. The van der Waals surface area contributed by atoms with E-state index in [9.17, 15) is 4.79 Å². The van der Waals surface area contributed by atoms with Crippen molar-refractivity contribution in [2.45, 2.75) is 62.7 Å². The Bertz CT molecular complexity index is 240. The van der Waals surface area contributed by atoms with Crippen molar-refractivity contribution in [2.75, 3.05) is 12.8 Å². The third-order valence-corrected chi connectivity index (χ3v) is 5.14. The first kappa shape index (κ1) is 14.8. The highest BCUT2D eigenvalue weighted by atomic mass is 32.2. The molecule has 1 fully saturated rings. The van der Waals surface area contributed by atoms with Gasteiger partial charge in [-0.15, -0.1) is 0 Å². The first-order valence-corrected chi connectivity index (χ1v) is 7.94. The van der Waals surface area contributed by atoms with Crippen LogP contribution >= 0.6 is 11.8 Å². The number of rotatable bonds is 6. The highest BCUT2D eigenvalue weighted by Gasteiger charge is 2.31. The van der Waals surface area contributed by atoms with Gasteiger partial charge < -0.3 is 11.1 Å². The van der Waals surface area contributed by atoms with E-state index < -0.39 is 0 Å². The number of amides is 1. The molecule has 0 aliphatic heterocycles. The summed E-state index contributed by atoms with van der Waals surface area (Å²) in [5.74, 6) is 0.0193. The summed E-state index contributed by atoms with van der Waals surface area (Å²) >= 11 is 1.90. The molecule has 1 rings (SSSR count). The van der Waals surface area contributed by atoms with Crippen molar-refractivity contribution in [3.8, 4) is 0 Å². The lowest BCUT2D eigenvalue weighted by Gasteiger charge is -2.36. The Kier molecular flexibility index (Phi) is 6.34. The van der Waals surface area contributed by atoms with Crippen LogP contribution in [-0.4, -0.2) is 29.5 Å². The van der Waals surface area contributed by atoms with Crippen LogP contribution in [0, 0.1) is 0 Å². The highest BCUT2D eigenvalue weighted by Crippen LogP contribution is 2.37. The fourth-order valence-electron chi connectivity index (χ4n) is 2.47. The van der Waals surface area contributed by atoms with Gasteiger partial charge in [0.05, 0.1) is 6.04 Å². The van der Waals surface area contributed by atoms with Crippen LogP contribution in [0.3, 0.4) is 0 Å². The first-order valence-electron chi connectivity index (χ1n) is 6.72. The first-order chi connectivity index (χ1) is 8.13. The molecule has 0 aromatic rings. The van der Waals surface area contributed by atoms with Crippen LogP contribution in [-0.2, 0) is 4.79 Å². The maximum absolute atomic E-state index is 11.8. The van der Waals surface area contributed by atoms with Crippen LogP contribution in [0.25, 0.3) is 0 Å². The summed E-state index contributed by atoms with van der Waals surface area (Å²) in [6, 6.07) is -0.331. The van der Waals surface area contributed by atoms with Crippen LogP contribution in [0.1, 0.15) is 51.9 Å². The standard InChI is InChI=1S/C13H26N2OS/c1-3-7-11(14)12(16)15-10-13(17-2)8-5-4-6-9-13/h11H,3-10,14H2,1-2H3,(H,15,16)/t11-/m1/s1. The number of hydrogen-bond donors (Lipinski definition) is 2. The Morgan fingerprint density at radius 2 is 2.06 bits per heavy atom. The maximum atomic E-state index is 11.8. The molecule has 0 spiro atoms. The predicted octanol–water partition coefficient (Wildman–Crippen LogP) is 2.30. The molecule has 3 N–H and O–H groups in total. The van der Waals surface area contributed by atoms with E-state index in [0.717, 1.165) is 19.4 Å². The topological polar surface area (TPSA) is 55.1 Å². The van der Waals surface area contributed by atoms with Gasteiger partial charge in [-0.1, -0.05) is 32.6 Å². The van der Waals surface area contributed by atoms with Crippen molar-refractivity contribution in [1.82, 2.24) is 5.32 Å². The number of carbonyl (C=O) groups excluding carboxylic acids is 1. The van der Waals surface area contributed by atoms with Gasteiger partial charge in [-0.3, -0.25) is 4.79 Å². The molecule has 4 heteroatoms. The van der Waals surface area contributed by atoms with Gasteiger partial charge in [-0.05, 0) is 25.5 Å². The molecular weight excluding hydrogens is 232 g/mol. The second-order valence-electron chi connectivity index (χ2n) is 5.06. The average molecular weight is 258 g/mol. The normalized spacial score (nSPS) is 20.9. The minimum absolute atomic E-state index is 0.0193. The molecule has 1 saturated carbocycles. The molecule has 0 radical (unpaired) electrons. The number of thioether (sulfide) groups is 1. The van der Waals surface area contributed by atoms with E-state index in [-0.39, 0.29) is 16.7 Å². The van der Waals surface area contributed by atoms with Gasteiger partial charge in [0.15, 0.2) is 0 Å². The summed E-state index contributed by atoms with van der Waals surface area (Å²) in [4.78, 5) is 11.8. The summed E-state index contributed by atoms with van der Waals surface area (Å²) in [7, 11) is 0. The molecule has 3 nitrogen and oxygen atoms in total. The fraction of sp³-hybridized carbons (Fsp3) is 0.923. The van der Waals surface area contributed by atoms with Gasteiger partial charge in [-0.2, -0.15) is 11.8 Å². The van der Waals surface area contributed by atoms with Gasteiger partial charge in [0.1, 0.15) is 0 Å². The molecule has 17 heavy (non-hydrogen) atoms. The lowest BCUT2D eigenvalue weighted by atomic mass is 9.88. The fourth-order valence-corrected chi connectivity index (χ4v) is 3.38. The lowest BCUT2D eigenvalue weighted by molar-refractivity contribution is -0.122. The van der Waals surface area contributed by atoms with E-state index in [1.807, 2.05) is 11.8 Å². The van der Waals surface area contributed by atoms with E-state index >= 15 is 0 Å². The van der Waals surface area contributed by atoms with Crippen molar-refractivity contribution in [1.29, 1.82) is 0 Å². The molecule has 0 aromatic carbocycles. The van der Waals surface area contributed by atoms with Crippen molar-refractivity contribution in [3.63, 3.8) is 0 Å². The van der Waals surface area contributed by atoms with Crippen LogP contribution in [0.4, 0.5) is 0 Å². The van der Waals surface area contributed by atoms with Crippen molar-refractivity contribution >= 4 is 17.7 Å². The van der Waals surface area contributed by atoms with Gasteiger partial charge in [-0.25, -0.2) is 0 Å². The van der Waals surface area contributed by atoms with E-state index in [1.165, 1.54) is 32.1 Å². The average Bonchev–Trinajstić information content (AvgIpc) is 2.37. The summed E-state index contributed by atoms with van der Waals surface area (Å²) in [5.41, 5.74) is 5.81. The maximum Gasteiger partial charge on any atom is 0.236 e. The zero-order chi connectivity index (χ0) is 12.7. The van der Waals surface area contributed by atoms with Crippen molar-refractivity contribution < 1.29 is 4.79 Å². The molecule has 0 aromatic heterocycles. The monoisotopic (exact) mass is 258 g/mol. The molecule has 1 amide bonds. The molecular formula is C13H26N2OS. The number of hydrogen-bond acceptors (Lipinski definition) is 3. The number of carbonyl (C=O) groups is 1. The van der Waals surface area contributed by atoms with E-state index in [1.54, 1.807) is 0 Å². The SMILES string of the molecule is CCC[C@@H](N)C(=O)NCC1(SC)CCCCC1. The smallest absolute Gasteiger partial charge is 0.236 e. The van der Waals surface area contributed by atoms with Gasteiger partial charge in [0.25, 0.3) is 0 Å². The van der Waals surface area contributed by atoms with Crippen molar-refractivity contribution in [3.05, 3.63) is 0 Å². The lowest BCUT2D eigenvalue weighted by Crippen LogP contribution is -2.47. The highest BCUT2D eigenvalue weighted by molar-refractivity contribution is 8.00. The zero-order valence-corrected chi connectivity index (χ0v) is 11.9. The van der Waals surface area contributed by atoms with Crippen LogP contribution in [0.5, 0.6) is 0 Å². The van der Waals surface area contributed by atoms with Crippen LogP contribution in [0.2, 0.25) is 0 Å². The largest absolute Gasteiger partial charge is 0.353 e. The summed E-state index contributed by atoms with van der Waals surface area (Å²) < 4.78 is 0.264. The molecule has 0 heterocycles. The summed E-state index contributed by atoms with van der Waals surface area (Å²) in [6.45, 7) is 2.84. The van der Waals surface area contributed by atoms with Gasteiger partial charge in [0, 0.05) is 11.3 Å². The second kappa shape index (κ2) is 7.27. The molecule has 100 valence electrons. The quantitative estimate of drug-likeness (QED) is 0.768. The van der Waals surface area contributed by atoms with E-state index in [4.69, 9.17) is 5.73 Å². The third-order valence-electron chi connectivity index (χ3n) is 3.72. The predicted molar refractivity (Wildman–Crippen MR) is 75.2 cm³/mol. The minimum Gasteiger partial charge on any atom is -0.353 e. The van der Waals surface area contributed by atoms with Crippen LogP contribution < -0.4 is 11.1 Å². The Morgan fingerprint density at radius 1 is 1.41 bits per heavy atom. The zero-order valence-electron chi connectivity index (χ0n) is 11.1. The number of nitrogens with one attached hydrogen (secondary N) is 1. The third kappa shape index (κ3) is 4.51.